The summed E-state index contributed by atoms with van der Waals surface area (Å²) in [7, 11) is 0. The number of benzene rings is 2. The van der Waals surface area contributed by atoms with Crippen molar-refractivity contribution in [3.63, 3.8) is 0 Å². The Morgan fingerprint density at radius 3 is 2.89 bits per heavy atom. The van der Waals surface area contributed by atoms with Crippen LogP contribution in [0.1, 0.15) is 18.7 Å². The van der Waals surface area contributed by atoms with Crippen molar-refractivity contribution in [3.8, 4) is 28.6 Å². The van der Waals surface area contributed by atoms with Gasteiger partial charge in [-0.3, -0.25) is 0 Å². The molecule has 4 rings (SSSR count). The maximum absolute atomic E-state index is 10.2. The first-order valence-electron chi connectivity index (χ1n) is 8.57. The molecule has 0 fully saturated rings. The van der Waals surface area contributed by atoms with E-state index < -0.39 is 6.23 Å². The lowest BCUT2D eigenvalue weighted by molar-refractivity contribution is 0.224. The van der Waals surface area contributed by atoms with Gasteiger partial charge in [-0.05, 0) is 47.3 Å². The lowest BCUT2D eigenvalue weighted by Gasteiger charge is -2.21. The molecular weight excluding hydrogens is 444 g/mol. The largest absolute Gasteiger partial charge is 0.503 e. The summed E-state index contributed by atoms with van der Waals surface area (Å²) in [5, 5.41) is 22.6. The summed E-state index contributed by atoms with van der Waals surface area (Å²) in [4.78, 5) is 4.50. The van der Waals surface area contributed by atoms with E-state index in [2.05, 4.69) is 36.4 Å². The van der Waals surface area contributed by atoms with Crippen molar-refractivity contribution in [2.45, 2.75) is 18.3 Å². The number of phenols is 1. The predicted octanol–water partition coefficient (Wildman–Crippen LogP) is 4.63. The van der Waals surface area contributed by atoms with Crippen molar-refractivity contribution >= 4 is 33.4 Å². The first kappa shape index (κ1) is 18.8. The van der Waals surface area contributed by atoms with E-state index >= 15 is 0 Å². The van der Waals surface area contributed by atoms with E-state index in [1.54, 1.807) is 12.1 Å². The molecule has 0 amide bonds. The van der Waals surface area contributed by atoms with Gasteiger partial charge in [0, 0.05) is 16.8 Å². The Labute approximate surface area is 174 Å². The van der Waals surface area contributed by atoms with Crippen LogP contribution in [0.3, 0.4) is 0 Å². The zero-order valence-electron chi connectivity index (χ0n) is 15.1. The number of ether oxygens (including phenoxy) is 2. The molecule has 1 aliphatic heterocycles. The van der Waals surface area contributed by atoms with Gasteiger partial charge in [0.05, 0.1) is 11.1 Å². The van der Waals surface area contributed by atoms with E-state index in [0.717, 1.165) is 16.8 Å². The van der Waals surface area contributed by atoms with Crippen LogP contribution in [0.25, 0.3) is 11.3 Å². The lowest BCUT2D eigenvalue weighted by atomic mass is 10.1. The summed E-state index contributed by atoms with van der Waals surface area (Å²) in [6.07, 6.45) is 1.32. The highest BCUT2D eigenvalue weighted by Gasteiger charge is 2.27. The van der Waals surface area contributed by atoms with Crippen LogP contribution in [0.4, 0.5) is 5.69 Å². The fraction of sp³-hybridized carbons (Fsp3) is 0.211. The van der Waals surface area contributed by atoms with E-state index in [9.17, 15) is 5.11 Å². The maximum Gasteiger partial charge on any atom is 0.247 e. The Morgan fingerprint density at radius 2 is 2.11 bits per heavy atom. The number of para-hydroxylation sites is 1. The number of halogens is 1. The number of nitrogens with zero attached hydrogens (tertiary/aromatic N) is 3. The van der Waals surface area contributed by atoms with E-state index in [1.807, 2.05) is 37.4 Å². The number of rotatable bonds is 4. The molecular formula is C19H17BrN4O3S. The van der Waals surface area contributed by atoms with Crippen molar-refractivity contribution < 1.29 is 14.6 Å². The quantitative estimate of drug-likeness (QED) is 0.544. The number of aromatic hydroxyl groups is 1. The van der Waals surface area contributed by atoms with Crippen LogP contribution < -0.4 is 14.8 Å². The van der Waals surface area contributed by atoms with Crippen molar-refractivity contribution in [1.82, 2.24) is 15.2 Å². The topological polar surface area (TPSA) is 89.4 Å². The van der Waals surface area contributed by atoms with Gasteiger partial charge < -0.3 is 19.9 Å². The molecule has 0 unspecified atom stereocenters. The zero-order chi connectivity index (χ0) is 19.7. The van der Waals surface area contributed by atoms with Crippen LogP contribution in [-0.2, 0) is 0 Å². The average molecular weight is 461 g/mol. The molecule has 0 bridgehead atoms. The second kappa shape index (κ2) is 7.84. The minimum Gasteiger partial charge on any atom is -0.503 e. The minimum atomic E-state index is -0.565. The molecule has 0 saturated carbocycles. The number of aromatic nitrogens is 3. The van der Waals surface area contributed by atoms with E-state index in [4.69, 9.17) is 9.47 Å². The number of nitrogens with one attached hydrogen (secondary N) is 1. The predicted molar refractivity (Wildman–Crippen MR) is 111 cm³/mol. The van der Waals surface area contributed by atoms with Crippen molar-refractivity contribution in [1.29, 1.82) is 0 Å². The maximum atomic E-state index is 10.2. The molecule has 2 heterocycles. The highest BCUT2D eigenvalue weighted by Crippen LogP contribution is 2.42. The van der Waals surface area contributed by atoms with Crippen LogP contribution in [0, 0.1) is 0 Å². The summed E-state index contributed by atoms with van der Waals surface area (Å²) in [6.45, 7) is 2.29. The van der Waals surface area contributed by atoms with Gasteiger partial charge in [0.2, 0.25) is 11.0 Å². The van der Waals surface area contributed by atoms with Gasteiger partial charge in [0.1, 0.15) is 0 Å². The molecule has 7 nitrogen and oxygen atoms in total. The molecule has 0 spiro atoms. The van der Waals surface area contributed by atoms with Crippen LogP contribution in [0.5, 0.6) is 17.4 Å². The van der Waals surface area contributed by atoms with Crippen molar-refractivity contribution in [3.05, 3.63) is 46.4 Å². The Hall–Kier alpha value is -2.52. The zero-order valence-corrected chi connectivity index (χ0v) is 17.5. The molecule has 0 radical (unpaired) electrons. The van der Waals surface area contributed by atoms with E-state index in [1.165, 1.54) is 11.8 Å². The standard InChI is InChI=1S/C19H17BrN4O3S/c1-3-26-14-9-10(8-12(20)16(14)25)17-21-13-7-5-4-6-11(13)15-18(27-17)22-19(28-2)24-23-15/h4-9,17,21,25H,3H2,1-2H3/t17-/m0/s1. The van der Waals surface area contributed by atoms with Crippen LogP contribution in [0.15, 0.2) is 46.0 Å². The highest BCUT2D eigenvalue weighted by molar-refractivity contribution is 9.10. The summed E-state index contributed by atoms with van der Waals surface area (Å²) < 4.78 is 12.3. The molecule has 9 heteroatoms. The monoisotopic (exact) mass is 460 g/mol. The Morgan fingerprint density at radius 1 is 1.29 bits per heavy atom. The fourth-order valence-corrected chi connectivity index (χ4v) is 3.65. The third kappa shape index (κ3) is 3.47. The lowest BCUT2D eigenvalue weighted by Crippen LogP contribution is -2.17. The average Bonchev–Trinajstić information content (AvgIpc) is 2.87. The molecule has 1 aromatic heterocycles. The van der Waals surface area contributed by atoms with Gasteiger partial charge in [-0.15, -0.1) is 10.2 Å². The Kier molecular flexibility index (Phi) is 5.27. The number of fused-ring (bicyclic) bond motifs is 3. The van der Waals surface area contributed by atoms with E-state index in [-0.39, 0.29) is 5.75 Å². The second-order valence-corrected chi connectivity index (χ2v) is 7.55. The number of thioether (sulfide) groups is 1. The van der Waals surface area contributed by atoms with Crippen molar-refractivity contribution in [2.24, 2.45) is 0 Å². The molecule has 2 aromatic carbocycles. The SMILES string of the molecule is CCOc1cc([C@H]2Nc3ccccc3-c3nnc(SC)nc3O2)cc(Br)c1O. The Balaban J connectivity index is 1.84. The number of anilines is 1. The van der Waals surface area contributed by atoms with Gasteiger partial charge in [0.25, 0.3) is 0 Å². The first-order valence-corrected chi connectivity index (χ1v) is 10.6. The first-order chi connectivity index (χ1) is 13.6. The van der Waals surface area contributed by atoms with Crippen LogP contribution in [-0.4, -0.2) is 33.2 Å². The summed E-state index contributed by atoms with van der Waals surface area (Å²) in [6, 6.07) is 11.3. The van der Waals surface area contributed by atoms with E-state index in [0.29, 0.717) is 33.6 Å². The number of phenolic OH excluding ortho intramolecular Hbond substituents is 1. The normalized spacial score (nSPS) is 14.9. The number of hydrogen-bond acceptors (Lipinski definition) is 8. The molecule has 2 N–H and O–H groups in total. The molecule has 1 aliphatic rings. The van der Waals surface area contributed by atoms with Gasteiger partial charge in [-0.25, -0.2) is 0 Å². The third-order valence-electron chi connectivity index (χ3n) is 4.17. The van der Waals surface area contributed by atoms with Crippen LogP contribution >= 0.6 is 27.7 Å². The Bertz CT molecular complexity index is 1030. The summed E-state index contributed by atoms with van der Waals surface area (Å²) in [5.74, 6) is 0.818. The smallest absolute Gasteiger partial charge is 0.247 e. The minimum absolute atomic E-state index is 0.0497. The van der Waals surface area contributed by atoms with Gasteiger partial charge in [-0.2, -0.15) is 4.98 Å². The fourth-order valence-electron chi connectivity index (χ4n) is 2.90. The highest BCUT2D eigenvalue weighted by atomic mass is 79.9. The third-order valence-corrected chi connectivity index (χ3v) is 5.31. The summed E-state index contributed by atoms with van der Waals surface area (Å²) in [5.41, 5.74) is 3.04. The van der Waals surface area contributed by atoms with Gasteiger partial charge in [0.15, 0.2) is 23.4 Å². The molecule has 0 aliphatic carbocycles. The molecule has 1 atom stereocenters. The number of hydrogen-bond donors (Lipinski definition) is 2. The molecule has 28 heavy (non-hydrogen) atoms. The van der Waals surface area contributed by atoms with Gasteiger partial charge in [-0.1, -0.05) is 30.0 Å². The summed E-state index contributed by atoms with van der Waals surface area (Å²) >= 11 is 4.78. The van der Waals surface area contributed by atoms with Crippen LogP contribution in [0.2, 0.25) is 0 Å². The molecule has 3 aromatic rings. The molecule has 144 valence electrons. The molecule has 0 saturated heterocycles. The second-order valence-electron chi connectivity index (χ2n) is 5.92. The van der Waals surface area contributed by atoms with Gasteiger partial charge >= 0.3 is 0 Å². The van der Waals surface area contributed by atoms with Crippen molar-refractivity contribution in [2.75, 3.05) is 18.2 Å².